The zero-order valence-electron chi connectivity index (χ0n) is 17.8. The molecule has 0 radical (unpaired) electrons. The predicted octanol–water partition coefficient (Wildman–Crippen LogP) is 4.06. The average Bonchev–Trinajstić information content (AvgIpc) is 3.20. The highest BCUT2D eigenvalue weighted by molar-refractivity contribution is 7.99. The lowest BCUT2D eigenvalue weighted by Gasteiger charge is -2.28. The van der Waals surface area contributed by atoms with Crippen molar-refractivity contribution >= 4 is 11.8 Å². The number of hydrogen-bond acceptors (Lipinski definition) is 7. The number of hydrogen-bond donors (Lipinski definition) is 2. The molecule has 0 bridgehead atoms. The van der Waals surface area contributed by atoms with E-state index in [1.165, 1.54) is 5.57 Å². The molecular formula is C23H28N4O2S. The van der Waals surface area contributed by atoms with Gasteiger partial charge in [-0.2, -0.15) is 4.91 Å². The lowest BCUT2D eigenvalue weighted by atomic mass is 9.93. The van der Waals surface area contributed by atoms with Crippen LogP contribution in [0, 0.1) is 4.91 Å². The number of ether oxygens (including phenoxy) is 1. The van der Waals surface area contributed by atoms with Crippen molar-refractivity contribution in [2.24, 2.45) is 5.18 Å². The minimum atomic E-state index is -0.620. The van der Waals surface area contributed by atoms with Crippen LogP contribution >= 0.6 is 11.8 Å². The molecule has 0 saturated carbocycles. The van der Waals surface area contributed by atoms with Crippen molar-refractivity contribution < 1.29 is 4.74 Å². The van der Waals surface area contributed by atoms with E-state index in [1.54, 1.807) is 11.8 Å². The van der Waals surface area contributed by atoms with Crippen LogP contribution in [0.3, 0.4) is 0 Å². The Hall–Kier alpha value is -2.67. The van der Waals surface area contributed by atoms with Crippen LogP contribution < -0.4 is 10.6 Å². The fraction of sp³-hybridized carbons (Fsp3) is 0.391. The maximum absolute atomic E-state index is 11.1. The number of allylic oxidation sites excluding steroid dienone is 5. The van der Waals surface area contributed by atoms with Crippen molar-refractivity contribution in [2.75, 3.05) is 13.3 Å². The SMILES string of the molecule is CSC1C=C(C2=C3OC(C4=CC(CC(C)(C)N=O)NC=C4)=CC3N(C)C=C2)C=CN1. The van der Waals surface area contributed by atoms with Gasteiger partial charge in [0.2, 0.25) is 0 Å². The van der Waals surface area contributed by atoms with Crippen molar-refractivity contribution in [1.82, 2.24) is 15.5 Å². The quantitative estimate of drug-likeness (QED) is 0.627. The van der Waals surface area contributed by atoms with Crippen molar-refractivity contribution in [3.05, 3.63) is 88.2 Å². The third-order valence-electron chi connectivity index (χ3n) is 5.60. The lowest BCUT2D eigenvalue weighted by molar-refractivity contribution is 0.276. The summed E-state index contributed by atoms with van der Waals surface area (Å²) in [6.45, 7) is 3.71. The van der Waals surface area contributed by atoms with Crippen molar-refractivity contribution in [1.29, 1.82) is 0 Å². The molecule has 0 fully saturated rings. The van der Waals surface area contributed by atoms with Gasteiger partial charge in [-0.15, -0.1) is 11.8 Å². The zero-order valence-corrected chi connectivity index (χ0v) is 18.6. The summed E-state index contributed by atoms with van der Waals surface area (Å²) in [6.07, 6.45) is 21.5. The second-order valence-electron chi connectivity index (χ2n) is 8.45. The summed E-state index contributed by atoms with van der Waals surface area (Å²) in [4.78, 5) is 13.2. The highest BCUT2D eigenvalue weighted by Crippen LogP contribution is 2.38. The first-order valence-corrected chi connectivity index (χ1v) is 11.4. The molecule has 3 unspecified atom stereocenters. The first kappa shape index (κ1) is 20.6. The Kier molecular flexibility index (Phi) is 5.64. The first-order chi connectivity index (χ1) is 14.4. The Morgan fingerprint density at radius 2 is 1.90 bits per heavy atom. The molecule has 0 aromatic rings. The molecule has 30 heavy (non-hydrogen) atoms. The van der Waals surface area contributed by atoms with Crippen LogP contribution in [0.5, 0.6) is 0 Å². The molecule has 0 aliphatic carbocycles. The van der Waals surface area contributed by atoms with Crippen molar-refractivity contribution in [3.8, 4) is 0 Å². The van der Waals surface area contributed by atoms with Gasteiger partial charge in [-0.1, -0.05) is 11.3 Å². The molecule has 4 aliphatic heterocycles. The largest absolute Gasteiger partial charge is 0.458 e. The molecule has 4 aliphatic rings. The molecule has 4 rings (SSSR count). The van der Waals surface area contributed by atoms with Crippen LogP contribution in [-0.4, -0.2) is 41.2 Å². The molecular weight excluding hydrogens is 396 g/mol. The van der Waals surface area contributed by atoms with E-state index in [2.05, 4.69) is 70.6 Å². The Morgan fingerprint density at radius 3 is 2.67 bits per heavy atom. The van der Waals surface area contributed by atoms with Crippen LogP contribution in [0.15, 0.2) is 88.5 Å². The number of likely N-dealkylation sites (N-methyl/N-ethyl adjacent to an activating group) is 1. The van der Waals surface area contributed by atoms with Crippen LogP contribution in [0.25, 0.3) is 0 Å². The number of dihydropyridines is 2. The van der Waals surface area contributed by atoms with Gasteiger partial charge in [0.1, 0.15) is 17.6 Å². The molecule has 0 aromatic heterocycles. The molecule has 7 heteroatoms. The lowest BCUT2D eigenvalue weighted by Crippen LogP contribution is -2.33. The topological polar surface area (TPSA) is 66.0 Å². The Morgan fingerprint density at radius 1 is 1.13 bits per heavy atom. The van der Waals surface area contributed by atoms with E-state index < -0.39 is 5.54 Å². The monoisotopic (exact) mass is 424 g/mol. The van der Waals surface area contributed by atoms with Gasteiger partial charge >= 0.3 is 0 Å². The smallest absolute Gasteiger partial charge is 0.138 e. The molecule has 4 heterocycles. The minimum absolute atomic E-state index is 0.0338. The van der Waals surface area contributed by atoms with Crippen molar-refractivity contribution in [2.45, 2.75) is 43.3 Å². The van der Waals surface area contributed by atoms with E-state index in [4.69, 9.17) is 4.74 Å². The number of nitrogens with one attached hydrogen (secondary N) is 2. The van der Waals surface area contributed by atoms with Gasteiger partial charge in [0.25, 0.3) is 0 Å². The number of nitroso groups, excluding NO2 is 1. The van der Waals surface area contributed by atoms with Gasteiger partial charge in [0.05, 0.1) is 10.9 Å². The molecule has 158 valence electrons. The Bertz CT molecular complexity index is 939. The fourth-order valence-electron chi connectivity index (χ4n) is 3.96. The molecule has 6 nitrogen and oxygen atoms in total. The van der Waals surface area contributed by atoms with E-state index in [0.717, 1.165) is 22.7 Å². The normalized spacial score (nSPS) is 27.5. The van der Waals surface area contributed by atoms with E-state index in [0.29, 0.717) is 6.42 Å². The van der Waals surface area contributed by atoms with Gasteiger partial charge in [0, 0.05) is 30.4 Å². The van der Waals surface area contributed by atoms with E-state index in [1.807, 2.05) is 32.3 Å². The zero-order chi connectivity index (χ0) is 21.3. The average molecular weight is 425 g/mol. The molecule has 2 N–H and O–H groups in total. The predicted molar refractivity (Wildman–Crippen MR) is 123 cm³/mol. The summed E-state index contributed by atoms with van der Waals surface area (Å²) in [6, 6.07) is 0.0964. The number of nitrogens with zero attached hydrogens (tertiary/aromatic N) is 2. The first-order valence-electron chi connectivity index (χ1n) is 10.1. The summed E-state index contributed by atoms with van der Waals surface area (Å²) in [5.74, 6) is 1.80. The molecule has 0 amide bonds. The van der Waals surface area contributed by atoms with Gasteiger partial charge in [-0.25, -0.2) is 0 Å². The van der Waals surface area contributed by atoms with Gasteiger partial charge in [0.15, 0.2) is 0 Å². The fourth-order valence-corrected chi connectivity index (χ4v) is 4.46. The Labute approximate surface area is 182 Å². The maximum atomic E-state index is 11.1. The molecule has 0 saturated heterocycles. The van der Waals surface area contributed by atoms with E-state index in [9.17, 15) is 4.91 Å². The molecule has 3 atom stereocenters. The standard InChI is InChI=1S/C23H28N4O2S/c1-23(2,26-28)14-17-11-16(6-8-24-17)20-13-19-22(29-20)18(7-10-27(19)3)15-5-9-25-21(12-15)30-4/h5-13,17,19,21,24-25H,14H2,1-4H3. The van der Waals surface area contributed by atoms with E-state index in [-0.39, 0.29) is 17.5 Å². The third-order valence-corrected chi connectivity index (χ3v) is 6.38. The van der Waals surface area contributed by atoms with E-state index >= 15 is 0 Å². The third kappa shape index (κ3) is 4.12. The van der Waals surface area contributed by atoms with Gasteiger partial charge < -0.3 is 20.3 Å². The van der Waals surface area contributed by atoms with Crippen LogP contribution in [0.2, 0.25) is 0 Å². The summed E-state index contributed by atoms with van der Waals surface area (Å²) in [5.41, 5.74) is 2.68. The Balaban J connectivity index is 1.61. The van der Waals surface area contributed by atoms with Crippen LogP contribution in [0.1, 0.15) is 20.3 Å². The number of thioether (sulfide) groups is 1. The minimum Gasteiger partial charge on any atom is -0.458 e. The summed E-state index contributed by atoms with van der Waals surface area (Å²) in [5, 5.41) is 10.1. The second kappa shape index (κ2) is 8.22. The number of rotatable bonds is 6. The second-order valence-corrected chi connectivity index (χ2v) is 9.43. The summed E-state index contributed by atoms with van der Waals surface area (Å²) >= 11 is 1.76. The van der Waals surface area contributed by atoms with Crippen LogP contribution in [-0.2, 0) is 4.74 Å². The molecule has 0 aromatic carbocycles. The van der Waals surface area contributed by atoms with Crippen molar-refractivity contribution in [3.63, 3.8) is 0 Å². The highest BCUT2D eigenvalue weighted by atomic mass is 32.2. The summed E-state index contributed by atoms with van der Waals surface area (Å²) in [7, 11) is 2.06. The van der Waals surface area contributed by atoms with Gasteiger partial charge in [-0.3, -0.25) is 0 Å². The molecule has 0 spiro atoms. The number of fused-ring (bicyclic) bond motifs is 1. The maximum Gasteiger partial charge on any atom is 0.138 e. The van der Waals surface area contributed by atoms with Crippen LogP contribution in [0.4, 0.5) is 0 Å². The highest BCUT2D eigenvalue weighted by Gasteiger charge is 2.34. The summed E-state index contributed by atoms with van der Waals surface area (Å²) < 4.78 is 6.43. The van der Waals surface area contributed by atoms with Gasteiger partial charge in [-0.05, 0) is 74.9 Å².